The monoisotopic (exact) mass is 410 g/mol. The van der Waals surface area contributed by atoms with Gasteiger partial charge < -0.3 is 15.5 Å². The number of halogens is 2. The topological polar surface area (TPSA) is 102 Å². The quantitative estimate of drug-likeness (QED) is 0.501. The fraction of sp³-hybridized carbons (Fsp3) is 0.118. The Morgan fingerprint density at radius 2 is 1.96 bits per heavy atom. The highest BCUT2D eigenvalue weighted by Crippen LogP contribution is 2.35. The number of nitrogen functional groups attached to an aromatic ring is 1. The molecule has 0 aliphatic rings. The molecule has 0 spiro atoms. The van der Waals surface area contributed by atoms with Crippen molar-refractivity contribution in [2.24, 2.45) is 0 Å². The van der Waals surface area contributed by atoms with E-state index in [4.69, 9.17) is 33.7 Å². The number of hydrogen-bond acceptors (Lipinski definition) is 6. The van der Waals surface area contributed by atoms with Crippen molar-refractivity contribution in [2.75, 3.05) is 12.3 Å². The molecule has 9 heteroatoms. The van der Waals surface area contributed by atoms with Crippen LogP contribution in [0.4, 0.5) is 5.69 Å². The molecule has 0 fully saturated rings. The highest BCUT2D eigenvalue weighted by atomic mass is 35.5. The first kappa shape index (κ1) is 18.4. The summed E-state index contributed by atoms with van der Waals surface area (Å²) in [4.78, 5) is 39.9. The van der Waals surface area contributed by atoms with Gasteiger partial charge in [-0.15, -0.1) is 11.3 Å². The Bertz CT molecular complexity index is 1100. The van der Waals surface area contributed by atoms with Crippen LogP contribution in [0.1, 0.15) is 32.5 Å². The van der Waals surface area contributed by atoms with Crippen LogP contribution in [0.3, 0.4) is 0 Å². The number of anilines is 1. The molecule has 3 rings (SSSR count). The molecule has 0 amide bonds. The van der Waals surface area contributed by atoms with Gasteiger partial charge in [-0.25, -0.2) is 4.79 Å². The fourth-order valence-corrected chi connectivity index (χ4v) is 3.94. The third-order valence-corrected chi connectivity index (χ3v) is 5.30. The minimum absolute atomic E-state index is 0.133. The lowest BCUT2D eigenvalue weighted by Gasteiger charge is -2.03. The van der Waals surface area contributed by atoms with Crippen molar-refractivity contribution in [2.45, 2.75) is 6.92 Å². The summed E-state index contributed by atoms with van der Waals surface area (Å²) in [5, 5.41) is 0.991. The van der Waals surface area contributed by atoms with Gasteiger partial charge in [0.1, 0.15) is 15.3 Å². The Morgan fingerprint density at radius 3 is 2.62 bits per heavy atom. The van der Waals surface area contributed by atoms with Gasteiger partial charge in [0.25, 0.3) is 5.56 Å². The number of nitrogens with two attached hydrogens (primary N) is 1. The molecule has 0 radical (unpaired) electrons. The zero-order valence-electron chi connectivity index (χ0n) is 13.4. The number of ether oxygens (including phenoxy) is 1. The summed E-state index contributed by atoms with van der Waals surface area (Å²) in [5.74, 6) is -1.15. The molecule has 0 bridgehead atoms. The first-order valence-electron chi connectivity index (χ1n) is 7.45. The number of esters is 1. The molecule has 0 saturated carbocycles. The van der Waals surface area contributed by atoms with E-state index in [2.05, 4.69) is 4.98 Å². The number of benzene rings is 1. The van der Waals surface area contributed by atoms with E-state index in [9.17, 15) is 14.4 Å². The SMILES string of the molecule is CCOC(=O)c1cc2c(N)c(C(=O)c3ccc(Cl)cc3Cl)sc2[nH]c1=O. The number of H-pyrrole nitrogens is 1. The third kappa shape index (κ3) is 3.21. The van der Waals surface area contributed by atoms with E-state index in [1.165, 1.54) is 18.2 Å². The lowest BCUT2D eigenvalue weighted by atomic mass is 10.1. The van der Waals surface area contributed by atoms with Gasteiger partial charge in [-0.1, -0.05) is 23.2 Å². The molecule has 3 aromatic rings. The van der Waals surface area contributed by atoms with Crippen molar-refractivity contribution in [3.63, 3.8) is 0 Å². The maximum Gasteiger partial charge on any atom is 0.343 e. The Kier molecular flexibility index (Phi) is 5.04. The highest BCUT2D eigenvalue weighted by molar-refractivity contribution is 7.21. The number of aromatic amines is 1. The van der Waals surface area contributed by atoms with Gasteiger partial charge >= 0.3 is 5.97 Å². The summed E-state index contributed by atoms with van der Waals surface area (Å²) < 4.78 is 4.85. The summed E-state index contributed by atoms with van der Waals surface area (Å²) in [6, 6.07) is 5.84. The van der Waals surface area contributed by atoms with Crippen molar-refractivity contribution >= 4 is 62.2 Å². The molecule has 0 unspecified atom stereocenters. The maximum atomic E-state index is 12.8. The number of pyridine rings is 1. The number of nitrogens with one attached hydrogen (secondary N) is 1. The normalized spacial score (nSPS) is 10.9. The van der Waals surface area contributed by atoms with E-state index < -0.39 is 17.3 Å². The number of carbonyl (C=O) groups excluding carboxylic acids is 2. The van der Waals surface area contributed by atoms with Crippen LogP contribution < -0.4 is 11.3 Å². The number of fused-ring (bicyclic) bond motifs is 1. The summed E-state index contributed by atoms with van der Waals surface area (Å²) >= 11 is 13.0. The number of aromatic nitrogens is 1. The van der Waals surface area contributed by atoms with Crippen molar-refractivity contribution in [3.8, 4) is 0 Å². The van der Waals surface area contributed by atoms with Crippen LogP contribution in [0.5, 0.6) is 0 Å². The number of rotatable bonds is 4. The molecule has 0 atom stereocenters. The van der Waals surface area contributed by atoms with E-state index >= 15 is 0 Å². The Balaban J connectivity index is 2.13. The molecule has 2 aromatic heterocycles. The van der Waals surface area contributed by atoms with Gasteiger partial charge in [0, 0.05) is 16.0 Å². The summed E-state index contributed by atoms with van der Waals surface area (Å²) in [6.45, 7) is 1.77. The van der Waals surface area contributed by atoms with Gasteiger partial charge in [0.15, 0.2) is 0 Å². The van der Waals surface area contributed by atoms with E-state index in [1.807, 2.05) is 0 Å². The summed E-state index contributed by atoms with van der Waals surface area (Å²) in [7, 11) is 0. The smallest absolute Gasteiger partial charge is 0.343 e. The first-order valence-corrected chi connectivity index (χ1v) is 9.02. The Hall–Kier alpha value is -2.35. The number of thiophene rings is 1. The number of hydrogen-bond donors (Lipinski definition) is 2. The first-order chi connectivity index (χ1) is 12.3. The molecule has 6 nitrogen and oxygen atoms in total. The van der Waals surface area contributed by atoms with Crippen LogP contribution >= 0.6 is 34.5 Å². The lowest BCUT2D eigenvalue weighted by Crippen LogP contribution is -2.19. The third-order valence-electron chi connectivity index (χ3n) is 3.62. The molecule has 2 heterocycles. The van der Waals surface area contributed by atoms with E-state index in [0.717, 1.165) is 11.3 Å². The molecular formula is C17H12Cl2N2O4S. The Labute approximate surface area is 161 Å². The number of ketones is 1. The zero-order chi connectivity index (χ0) is 19.0. The molecule has 1 aromatic carbocycles. The summed E-state index contributed by atoms with van der Waals surface area (Å²) in [5.41, 5.74) is 5.71. The molecule has 3 N–H and O–H groups in total. The van der Waals surface area contributed by atoms with Gasteiger partial charge in [0.2, 0.25) is 5.78 Å². The average molecular weight is 411 g/mol. The van der Waals surface area contributed by atoms with Crippen LogP contribution in [0.25, 0.3) is 10.2 Å². The minimum atomic E-state index is -0.755. The van der Waals surface area contributed by atoms with Crippen LogP contribution in [-0.2, 0) is 4.74 Å². The zero-order valence-corrected chi connectivity index (χ0v) is 15.7. The molecular weight excluding hydrogens is 399 g/mol. The second-order valence-corrected chi connectivity index (χ2v) is 7.14. The van der Waals surface area contributed by atoms with Crippen molar-refractivity contribution < 1.29 is 14.3 Å². The van der Waals surface area contributed by atoms with Crippen molar-refractivity contribution in [1.82, 2.24) is 4.98 Å². The predicted molar refractivity (Wildman–Crippen MR) is 103 cm³/mol. The lowest BCUT2D eigenvalue weighted by molar-refractivity contribution is 0.0524. The second kappa shape index (κ2) is 7.11. The molecule has 0 aliphatic carbocycles. The molecule has 0 saturated heterocycles. The second-order valence-electron chi connectivity index (χ2n) is 5.27. The van der Waals surface area contributed by atoms with E-state index in [0.29, 0.717) is 15.2 Å². The maximum absolute atomic E-state index is 12.8. The van der Waals surface area contributed by atoms with Gasteiger partial charge in [0.05, 0.1) is 17.3 Å². The standard InChI is InChI=1S/C17H12Cl2N2O4S/c1-2-25-17(24)10-6-9-12(20)14(26-16(9)21-15(10)23)13(22)8-4-3-7(18)5-11(8)19/h3-6H,2,20H2,1H3,(H,21,23). The summed E-state index contributed by atoms with van der Waals surface area (Å²) in [6.07, 6.45) is 0. The van der Waals surface area contributed by atoms with Gasteiger partial charge in [-0.2, -0.15) is 0 Å². The predicted octanol–water partition coefficient (Wildman–Crippen LogP) is 3.89. The fourth-order valence-electron chi connectivity index (χ4n) is 2.40. The minimum Gasteiger partial charge on any atom is -0.462 e. The van der Waals surface area contributed by atoms with Crippen molar-refractivity contribution in [1.29, 1.82) is 0 Å². The van der Waals surface area contributed by atoms with Gasteiger partial charge in [-0.05, 0) is 31.2 Å². The van der Waals surface area contributed by atoms with Crippen LogP contribution in [0, 0.1) is 0 Å². The van der Waals surface area contributed by atoms with Crippen LogP contribution in [-0.4, -0.2) is 23.3 Å². The average Bonchev–Trinajstić information content (AvgIpc) is 2.89. The molecule has 0 aliphatic heterocycles. The number of carbonyl (C=O) groups is 2. The van der Waals surface area contributed by atoms with Crippen LogP contribution in [0.2, 0.25) is 10.0 Å². The van der Waals surface area contributed by atoms with E-state index in [-0.39, 0.29) is 33.3 Å². The van der Waals surface area contributed by atoms with Crippen molar-refractivity contribution in [3.05, 3.63) is 60.7 Å². The van der Waals surface area contributed by atoms with Crippen LogP contribution in [0.15, 0.2) is 29.1 Å². The highest BCUT2D eigenvalue weighted by Gasteiger charge is 2.23. The van der Waals surface area contributed by atoms with E-state index in [1.54, 1.807) is 13.0 Å². The Morgan fingerprint density at radius 1 is 1.23 bits per heavy atom. The molecule has 26 heavy (non-hydrogen) atoms. The largest absolute Gasteiger partial charge is 0.462 e. The van der Waals surface area contributed by atoms with Gasteiger partial charge in [-0.3, -0.25) is 9.59 Å². The molecule has 134 valence electrons.